The molecule has 0 aromatic heterocycles. The van der Waals surface area contributed by atoms with E-state index in [0.29, 0.717) is 6.61 Å². The van der Waals surface area contributed by atoms with Crippen LogP contribution in [-0.4, -0.2) is 29.8 Å². The molecule has 0 saturated carbocycles. The average Bonchev–Trinajstić information content (AvgIpc) is 2.30. The summed E-state index contributed by atoms with van der Waals surface area (Å²) in [7, 11) is 0. The fraction of sp³-hybridized carbons (Fsp3) is 0.500. The van der Waals surface area contributed by atoms with Crippen molar-refractivity contribution in [3.63, 3.8) is 0 Å². The maximum atomic E-state index is 8.60. The minimum absolute atomic E-state index is 0.292. The fourth-order valence-corrected chi connectivity index (χ4v) is 2.31. The summed E-state index contributed by atoms with van der Waals surface area (Å²) in [5, 5.41) is 12.8. The van der Waals surface area contributed by atoms with Gasteiger partial charge in [-0.2, -0.15) is 11.8 Å². The molecule has 0 aliphatic rings. The largest absolute Gasteiger partial charge is 0.396 e. The summed E-state index contributed by atoms with van der Waals surface area (Å²) in [6.07, 6.45) is 0.884. The number of hydrogen-bond acceptors (Lipinski definition) is 3. The zero-order valence-corrected chi connectivity index (χ0v) is 10.9. The van der Waals surface area contributed by atoms with Gasteiger partial charge < -0.3 is 10.4 Å². The minimum Gasteiger partial charge on any atom is -0.396 e. The number of aliphatic hydroxyl groups is 1. The van der Waals surface area contributed by atoms with Gasteiger partial charge in [-0.1, -0.05) is 29.8 Å². The minimum atomic E-state index is 0.292. The van der Waals surface area contributed by atoms with Crippen molar-refractivity contribution in [2.75, 3.05) is 24.7 Å². The van der Waals surface area contributed by atoms with E-state index in [0.717, 1.165) is 41.6 Å². The lowest BCUT2D eigenvalue weighted by Gasteiger charge is -2.06. The number of benzene rings is 1. The lowest BCUT2D eigenvalue weighted by molar-refractivity contribution is 0.296. The quantitative estimate of drug-likeness (QED) is 0.704. The van der Waals surface area contributed by atoms with Gasteiger partial charge in [0.05, 0.1) is 0 Å². The predicted molar refractivity (Wildman–Crippen MR) is 72.2 cm³/mol. The zero-order valence-electron chi connectivity index (χ0n) is 9.29. The Labute approximate surface area is 106 Å². The molecule has 0 spiro atoms. The highest BCUT2D eigenvalue weighted by molar-refractivity contribution is 7.99. The topological polar surface area (TPSA) is 32.3 Å². The molecule has 90 valence electrons. The van der Waals surface area contributed by atoms with Gasteiger partial charge in [-0.25, -0.2) is 0 Å². The predicted octanol–water partition coefficient (Wildman–Crippen LogP) is 2.55. The first-order valence-corrected chi connectivity index (χ1v) is 7.00. The van der Waals surface area contributed by atoms with Gasteiger partial charge in [0, 0.05) is 30.5 Å². The number of halogens is 1. The monoisotopic (exact) mass is 259 g/mol. The number of thioether (sulfide) groups is 1. The molecule has 0 amide bonds. The lowest BCUT2D eigenvalue weighted by Crippen LogP contribution is -2.16. The van der Waals surface area contributed by atoms with Crippen LogP contribution in [0.15, 0.2) is 24.3 Å². The molecule has 0 bridgehead atoms. The van der Waals surface area contributed by atoms with Crippen molar-refractivity contribution in [1.82, 2.24) is 5.32 Å². The second-order valence-electron chi connectivity index (χ2n) is 3.46. The Bertz CT molecular complexity index is 296. The standard InChI is InChI=1S/C12H18ClNOS/c13-12-5-2-1-4-11(12)10-14-6-9-16-8-3-7-15/h1-2,4-5,14-15H,3,6-10H2. The van der Waals surface area contributed by atoms with Crippen LogP contribution in [0.25, 0.3) is 0 Å². The molecule has 2 nitrogen and oxygen atoms in total. The first-order chi connectivity index (χ1) is 7.84. The van der Waals surface area contributed by atoms with Crippen molar-refractivity contribution < 1.29 is 5.11 Å². The van der Waals surface area contributed by atoms with Crippen LogP contribution in [0.1, 0.15) is 12.0 Å². The Morgan fingerprint density at radius 1 is 1.25 bits per heavy atom. The van der Waals surface area contributed by atoms with E-state index < -0.39 is 0 Å². The molecule has 0 radical (unpaired) electrons. The molecule has 16 heavy (non-hydrogen) atoms. The molecule has 1 aromatic rings. The fourth-order valence-electron chi connectivity index (χ4n) is 1.28. The molecule has 0 saturated heterocycles. The van der Waals surface area contributed by atoms with Crippen molar-refractivity contribution in [2.24, 2.45) is 0 Å². The van der Waals surface area contributed by atoms with E-state index in [9.17, 15) is 0 Å². The summed E-state index contributed by atoms with van der Waals surface area (Å²) >= 11 is 7.89. The van der Waals surface area contributed by atoms with Gasteiger partial charge in [-0.15, -0.1) is 0 Å². The lowest BCUT2D eigenvalue weighted by atomic mass is 10.2. The summed E-state index contributed by atoms with van der Waals surface area (Å²) in [5.74, 6) is 2.11. The smallest absolute Gasteiger partial charge is 0.0450 e. The Hall–Kier alpha value is -0.220. The normalized spacial score (nSPS) is 10.6. The van der Waals surface area contributed by atoms with Crippen molar-refractivity contribution in [2.45, 2.75) is 13.0 Å². The maximum absolute atomic E-state index is 8.60. The number of nitrogens with one attached hydrogen (secondary N) is 1. The van der Waals surface area contributed by atoms with Crippen molar-refractivity contribution in [3.8, 4) is 0 Å². The van der Waals surface area contributed by atoms with Crippen LogP contribution in [0.2, 0.25) is 5.02 Å². The Kier molecular flexibility index (Phi) is 7.68. The van der Waals surface area contributed by atoms with Crippen LogP contribution >= 0.6 is 23.4 Å². The molecule has 4 heteroatoms. The van der Waals surface area contributed by atoms with E-state index in [4.69, 9.17) is 16.7 Å². The summed E-state index contributed by atoms with van der Waals surface area (Å²) in [6.45, 7) is 2.08. The molecular formula is C12H18ClNOS. The van der Waals surface area contributed by atoms with Crippen LogP contribution in [0.3, 0.4) is 0 Å². The Morgan fingerprint density at radius 3 is 2.81 bits per heavy atom. The van der Waals surface area contributed by atoms with E-state index in [1.54, 1.807) is 0 Å². The van der Waals surface area contributed by atoms with Crippen LogP contribution in [-0.2, 0) is 6.54 Å². The molecule has 0 heterocycles. The van der Waals surface area contributed by atoms with Gasteiger partial charge in [0.15, 0.2) is 0 Å². The number of hydrogen-bond donors (Lipinski definition) is 2. The Morgan fingerprint density at radius 2 is 2.06 bits per heavy atom. The third-order valence-corrected chi connectivity index (χ3v) is 3.58. The van der Waals surface area contributed by atoms with Gasteiger partial charge >= 0.3 is 0 Å². The first kappa shape index (κ1) is 13.8. The molecule has 0 fully saturated rings. The van der Waals surface area contributed by atoms with Gasteiger partial charge in [0.1, 0.15) is 0 Å². The molecule has 1 rings (SSSR count). The molecule has 0 unspecified atom stereocenters. The molecule has 0 aliphatic carbocycles. The van der Waals surface area contributed by atoms with Crippen molar-refractivity contribution in [3.05, 3.63) is 34.9 Å². The van der Waals surface area contributed by atoms with E-state index in [1.165, 1.54) is 0 Å². The molecule has 2 N–H and O–H groups in total. The summed E-state index contributed by atoms with van der Waals surface area (Å²) < 4.78 is 0. The second-order valence-corrected chi connectivity index (χ2v) is 5.09. The maximum Gasteiger partial charge on any atom is 0.0450 e. The second kappa shape index (κ2) is 8.88. The first-order valence-electron chi connectivity index (χ1n) is 5.47. The average molecular weight is 260 g/mol. The Balaban J connectivity index is 2.05. The highest BCUT2D eigenvalue weighted by Gasteiger charge is 1.97. The molecule has 0 atom stereocenters. The van der Waals surface area contributed by atoms with Crippen molar-refractivity contribution >= 4 is 23.4 Å². The highest BCUT2D eigenvalue weighted by Crippen LogP contribution is 2.14. The van der Waals surface area contributed by atoms with Gasteiger partial charge in [0.25, 0.3) is 0 Å². The number of rotatable bonds is 8. The van der Waals surface area contributed by atoms with E-state index in [1.807, 2.05) is 36.0 Å². The van der Waals surface area contributed by atoms with Crippen molar-refractivity contribution in [1.29, 1.82) is 0 Å². The van der Waals surface area contributed by atoms with Gasteiger partial charge in [-0.05, 0) is 23.8 Å². The molecular weight excluding hydrogens is 242 g/mol. The van der Waals surface area contributed by atoms with E-state index >= 15 is 0 Å². The van der Waals surface area contributed by atoms with E-state index in [2.05, 4.69) is 5.32 Å². The van der Waals surface area contributed by atoms with Gasteiger partial charge in [-0.3, -0.25) is 0 Å². The van der Waals surface area contributed by atoms with Crippen LogP contribution < -0.4 is 5.32 Å². The molecule has 0 aliphatic heterocycles. The van der Waals surface area contributed by atoms with Crippen LogP contribution in [0, 0.1) is 0 Å². The van der Waals surface area contributed by atoms with Crippen LogP contribution in [0.5, 0.6) is 0 Å². The SMILES string of the molecule is OCCCSCCNCc1ccccc1Cl. The number of aliphatic hydroxyl groups excluding tert-OH is 1. The summed E-state index contributed by atoms with van der Waals surface area (Å²) in [6, 6.07) is 7.89. The van der Waals surface area contributed by atoms with E-state index in [-0.39, 0.29) is 0 Å². The van der Waals surface area contributed by atoms with Crippen LogP contribution in [0.4, 0.5) is 0 Å². The third-order valence-electron chi connectivity index (χ3n) is 2.14. The highest BCUT2D eigenvalue weighted by atomic mass is 35.5. The zero-order chi connectivity index (χ0) is 11.6. The summed E-state index contributed by atoms with van der Waals surface area (Å²) in [5.41, 5.74) is 1.14. The molecule has 1 aromatic carbocycles. The third kappa shape index (κ3) is 5.75. The summed E-state index contributed by atoms with van der Waals surface area (Å²) in [4.78, 5) is 0. The van der Waals surface area contributed by atoms with Gasteiger partial charge in [0.2, 0.25) is 0 Å².